The summed E-state index contributed by atoms with van der Waals surface area (Å²) < 4.78 is 39.8. The van der Waals surface area contributed by atoms with Gasteiger partial charge in [-0.3, -0.25) is 9.78 Å². The van der Waals surface area contributed by atoms with E-state index in [1.807, 2.05) is 0 Å². The molecule has 7 heteroatoms. The van der Waals surface area contributed by atoms with Crippen molar-refractivity contribution in [1.29, 1.82) is 0 Å². The van der Waals surface area contributed by atoms with Crippen molar-refractivity contribution < 1.29 is 18.0 Å². The van der Waals surface area contributed by atoms with Crippen molar-refractivity contribution in [2.75, 3.05) is 17.7 Å². The molecule has 0 radical (unpaired) electrons. The predicted octanol–water partition coefficient (Wildman–Crippen LogP) is 3.10. The third kappa shape index (κ3) is 3.13. The molecule has 1 aromatic carbocycles. The summed E-state index contributed by atoms with van der Waals surface area (Å²) in [6, 6.07) is 2.60. The summed E-state index contributed by atoms with van der Waals surface area (Å²) in [7, 11) is 1.60. The normalized spacial score (nSPS) is 10.3. The maximum Gasteiger partial charge on any atom is 0.259 e. The average molecular weight is 295 g/mol. The fourth-order valence-electron chi connectivity index (χ4n) is 1.79. The number of benzene rings is 1. The lowest BCUT2D eigenvalue weighted by Gasteiger charge is -2.11. The number of halogens is 3. The van der Waals surface area contributed by atoms with E-state index in [0.29, 0.717) is 23.5 Å². The second kappa shape index (κ2) is 5.82. The first-order valence-corrected chi connectivity index (χ1v) is 6.02. The summed E-state index contributed by atoms with van der Waals surface area (Å²) in [5, 5.41) is 4.87. The Kier molecular flexibility index (Phi) is 4.11. The zero-order valence-corrected chi connectivity index (χ0v) is 11.3. The minimum Gasteiger partial charge on any atom is -0.387 e. The Morgan fingerprint density at radius 3 is 2.33 bits per heavy atom. The van der Waals surface area contributed by atoms with Gasteiger partial charge in [0.05, 0.1) is 11.3 Å². The SMILES string of the molecule is CNc1cc(C)ncc1C(=O)Nc1c(F)cc(F)cc1F. The number of hydrogen-bond acceptors (Lipinski definition) is 3. The van der Waals surface area contributed by atoms with Crippen LogP contribution in [0.1, 0.15) is 16.1 Å². The number of nitrogens with one attached hydrogen (secondary N) is 2. The van der Waals surface area contributed by atoms with E-state index in [4.69, 9.17) is 0 Å². The summed E-state index contributed by atoms with van der Waals surface area (Å²) in [4.78, 5) is 16.0. The first-order chi connectivity index (χ1) is 9.92. The molecule has 1 aromatic heterocycles. The highest BCUT2D eigenvalue weighted by atomic mass is 19.1. The number of nitrogens with zero attached hydrogens (tertiary/aromatic N) is 1. The number of carbonyl (C=O) groups is 1. The molecule has 0 fully saturated rings. The van der Waals surface area contributed by atoms with Crippen molar-refractivity contribution in [3.63, 3.8) is 0 Å². The predicted molar refractivity (Wildman–Crippen MR) is 72.8 cm³/mol. The molecule has 0 aliphatic rings. The van der Waals surface area contributed by atoms with Crippen molar-refractivity contribution >= 4 is 17.3 Å². The van der Waals surface area contributed by atoms with E-state index in [1.54, 1.807) is 20.0 Å². The summed E-state index contributed by atoms with van der Waals surface area (Å²) in [6.45, 7) is 1.74. The van der Waals surface area contributed by atoms with E-state index < -0.39 is 29.0 Å². The van der Waals surface area contributed by atoms with Crippen molar-refractivity contribution in [2.24, 2.45) is 0 Å². The van der Waals surface area contributed by atoms with E-state index in [9.17, 15) is 18.0 Å². The Bertz CT molecular complexity index is 681. The van der Waals surface area contributed by atoms with E-state index in [2.05, 4.69) is 15.6 Å². The highest BCUT2D eigenvalue weighted by Crippen LogP contribution is 2.22. The molecule has 0 unspecified atom stereocenters. The van der Waals surface area contributed by atoms with Gasteiger partial charge in [0.15, 0.2) is 11.6 Å². The monoisotopic (exact) mass is 295 g/mol. The van der Waals surface area contributed by atoms with E-state index in [1.165, 1.54) is 6.20 Å². The van der Waals surface area contributed by atoms with Crippen LogP contribution in [0.2, 0.25) is 0 Å². The van der Waals surface area contributed by atoms with Gasteiger partial charge in [0.1, 0.15) is 11.5 Å². The number of rotatable bonds is 3. The molecular weight excluding hydrogens is 283 g/mol. The number of amides is 1. The van der Waals surface area contributed by atoms with Crippen LogP contribution in [0.5, 0.6) is 0 Å². The molecule has 2 aromatic rings. The fraction of sp³-hybridized carbons (Fsp3) is 0.143. The van der Waals surface area contributed by atoms with Crippen molar-refractivity contribution in [2.45, 2.75) is 6.92 Å². The number of anilines is 2. The first kappa shape index (κ1) is 14.8. The molecule has 4 nitrogen and oxygen atoms in total. The quantitative estimate of drug-likeness (QED) is 0.915. The summed E-state index contributed by atoms with van der Waals surface area (Å²) in [5.41, 5.74) is 0.549. The van der Waals surface area contributed by atoms with Crippen LogP contribution >= 0.6 is 0 Å². The Balaban J connectivity index is 2.35. The van der Waals surface area contributed by atoms with Crippen molar-refractivity contribution in [1.82, 2.24) is 4.98 Å². The van der Waals surface area contributed by atoms with E-state index in [-0.39, 0.29) is 5.56 Å². The number of carbonyl (C=O) groups excluding carboxylic acids is 1. The molecule has 0 aliphatic heterocycles. The second-order valence-corrected chi connectivity index (χ2v) is 4.32. The largest absolute Gasteiger partial charge is 0.387 e. The molecule has 0 saturated heterocycles. The lowest BCUT2D eigenvalue weighted by Crippen LogP contribution is -2.16. The Labute approximate surface area is 119 Å². The van der Waals surface area contributed by atoms with Gasteiger partial charge >= 0.3 is 0 Å². The molecule has 0 saturated carbocycles. The molecule has 110 valence electrons. The Hall–Kier alpha value is -2.57. The highest BCUT2D eigenvalue weighted by Gasteiger charge is 2.17. The van der Waals surface area contributed by atoms with Crippen LogP contribution in [0.3, 0.4) is 0 Å². The maximum absolute atomic E-state index is 13.5. The first-order valence-electron chi connectivity index (χ1n) is 6.02. The van der Waals surface area contributed by atoms with Crippen LogP contribution in [-0.2, 0) is 0 Å². The Morgan fingerprint density at radius 1 is 1.14 bits per heavy atom. The zero-order valence-electron chi connectivity index (χ0n) is 11.3. The van der Waals surface area contributed by atoms with Gasteiger partial charge in [-0.1, -0.05) is 0 Å². The van der Waals surface area contributed by atoms with Crippen LogP contribution in [0.4, 0.5) is 24.5 Å². The minimum absolute atomic E-state index is 0.117. The molecule has 2 rings (SSSR count). The summed E-state index contributed by atoms with van der Waals surface area (Å²) >= 11 is 0. The maximum atomic E-state index is 13.5. The third-order valence-corrected chi connectivity index (χ3v) is 2.80. The van der Waals surface area contributed by atoms with Gasteiger partial charge in [0.25, 0.3) is 5.91 Å². The number of aromatic nitrogens is 1. The van der Waals surface area contributed by atoms with Crippen molar-refractivity contribution in [3.8, 4) is 0 Å². The Morgan fingerprint density at radius 2 is 1.76 bits per heavy atom. The second-order valence-electron chi connectivity index (χ2n) is 4.32. The highest BCUT2D eigenvalue weighted by molar-refractivity contribution is 6.07. The van der Waals surface area contributed by atoms with Crippen molar-refractivity contribution in [3.05, 3.63) is 53.1 Å². The third-order valence-electron chi connectivity index (χ3n) is 2.80. The van der Waals surface area contributed by atoms with E-state index >= 15 is 0 Å². The van der Waals surface area contributed by atoms with Crippen LogP contribution < -0.4 is 10.6 Å². The van der Waals surface area contributed by atoms with Gasteiger partial charge in [-0.25, -0.2) is 13.2 Å². The van der Waals surface area contributed by atoms with Crippen LogP contribution in [0, 0.1) is 24.4 Å². The van der Waals surface area contributed by atoms with Gasteiger partial charge in [-0.15, -0.1) is 0 Å². The van der Waals surface area contributed by atoms with Gasteiger partial charge < -0.3 is 10.6 Å². The minimum atomic E-state index is -1.19. The molecule has 0 atom stereocenters. The molecule has 1 amide bonds. The summed E-state index contributed by atoms with van der Waals surface area (Å²) in [5.74, 6) is -4.19. The molecular formula is C14H12F3N3O. The fourth-order valence-corrected chi connectivity index (χ4v) is 1.79. The van der Waals surface area contributed by atoms with Gasteiger partial charge in [-0.05, 0) is 13.0 Å². The zero-order chi connectivity index (χ0) is 15.6. The van der Waals surface area contributed by atoms with Crippen LogP contribution in [0.25, 0.3) is 0 Å². The molecule has 21 heavy (non-hydrogen) atoms. The van der Waals surface area contributed by atoms with E-state index in [0.717, 1.165) is 0 Å². The average Bonchev–Trinajstić information content (AvgIpc) is 2.42. The standard InChI is InChI=1S/C14H12F3N3O/c1-7-3-12(18-2)9(6-19-7)14(21)20-13-10(16)4-8(15)5-11(13)17/h3-6H,1-2H3,(H,18,19)(H,20,21). The van der Waals surface area contributed by atoms with Gasteiger partial charge in [0, 0.05) is 31.1 Å². The molecule has 0 aliphatic carbocycles. The van der Waals surface area contributed by atoms with Gasteiger partial charge in [-0.2, -0.15) is 0 Å². The summed E-state index contributed by atoms with van der Waals surface area (Å²) in [6.07, 6.45) is 1.29. The van der Waals surface area contributed by atoms with Crippen LogP contribution in [0.15, 0.2) is 24.4 Å². The topological polar surface area (TPSA) is 54.0 Å². The number of pyridine rings is 1. The van der Waals surface area contributed by atoms with Crippen LogP contribution in [-0.4, -0.2) is 17.9 Å². The molecule has 0 spiro atoms. The molecule has 1 heterocycles. The number of aryl methyl sites for hydroxylation is 1. The molecule has 0 bridgehead atoms. The van der Waals surface area contributed by atoms with Gasteiger partial charge in [0.2, 0.25) is 0 Å². The molecule has 2 N–H and O–H groups in total. The lowest BCUT2D eigenvalue weighted by atomic mass is 10.2. The lowest BCUT2D eigenvalue weighted by molar-refractivity contribution is 0.102. The smallest absolute Gasteiger partial charge is 0.259 e. The number of hydrogen-bond donors (Lipinski definition) is 2.